The van der Waals surface area contributed by atoms with Crippen LogP contribution in [0.5, 0.6) is 0 Å². The SMILES string of the molecule is S=C(NCCC[NH+]1CCOCC1)Nc1ccccc1Cl. The van der Waals surface area contributed by atoms with Crippen LogP contribution in [0.15, 0.2) is 24.3 Å². The van der Waals surface area contributed by atoms with Crippen LogP contribution in [0.25, 0.3) is 0 Å². The summed E-state index contributed by atoms with van der Waals surface area (Å²) in [5.41, 5.74) is 0.838. The molecule has 0 unspecified atom stereocenters. The van der Waals surface area contributed by atoms with E-state index in [2.05, 4.69) is 10.6 Å². The number of hydrogen-bond donors (Lipinski definition) is 3. The Labute approximate surface area is 130 Å². The molecule has 4 nitrogen and oxygen atoms in total. The van der Waals surface area contributed by atoms with Crippen molar-refractivity contribution in [1.82, 2.24) is 5.32 Å². The van der Waals surface area contributed by atoms with Crippen LogP contribution in [-0.2, 0) is 4.74 Å². The Hall–Kier alpha value is -0.880. The van der Waals surface area contributed by atoms with E-state index >= 15 is 0 Å². The Morgan fingerprint density at radius 1 is 1.30 bits per heavy atom. The van der Waals surface area contributed by atoms with Crippen LogP contribution in [0.4, 0.5) is 5.69 Å². The Morgan fingerprint density at radius 2 is 2.05 bits per heavy atom. The van der Waals surface area contributed by atoms with Crippen LogP contribution in [0.3, 0.4) is 0 Å². The Morgan fingerprint density at radius 3 is 2.80 bits per heavy atom. The summed E-state index contributed by atoms with van der Waals surface area (Å²) in [4.78, 5) is 1.61. The molecular formula is C14H21ClN3OS+. The summed E-state index contributed by atoms with van der Waals surface area (Å²) in [7, 11) is 0. The maximum atomic E-state index is 6.07. The molecule has 1 aromatic carbocycles. The van der Waals surface area contributed by atoms with Gasteiger partial charge in [-0.25, -0.2) is 0 Å². The molecule has 110 valence electrons. The summed E-state index contributed by atoms with van der Waals surface area (Å²) in [6.07, 6.45) is 1.10. The highest BCUT2D eigenvalue weighted by Crippen LogP contribution is 2.19. The van der Waals surface area contributed by atoms with E-state index in [1.165, 1.54) is 0 Å². The standard InChI is InChI=1S/C14H20ClN3OS/c15-12-4-1-2-5-13(12)17-14(20)16-6-3-7-18-8-10-19-11-9-18/h1-2,4-5H,3,6-11H2,(H2,16,17,20)/p+1. The van der Waals surface area contributed by atoms with E-state index in [1.54, 1.807) is 4.90 Å². The van der Waals surface area contributed by atoms with Crippen molar-refractivity contribution in [2.45, 2.75) is 6.42 Å². The van der Waals surface area contributed by atoms with Gasteiger partial charge >= 0.3 is 0 Å². The highest BCUT2D eigenvalue weighted by molar-refractivity contribution is 7.80. The van der Waals surface area contributed by atoms with Crippen molar-refractivity contribution in [3.05, 3.63) is 29.3 Å². The third-order valence-corrected chi connectivity index (χ3v) is 3.89. The molecule has 1 aromatic rings. The van der Waals surface area contributed by atoms with E-state index in [0.717, 1.165) is 51.5 Å². The second kappa shape index (κ2) is 8.42. The molecule has 1 fully saturated rings. The Balaban J connectivity index is 1.61. The van der Waals surface area contributed by atoms with Crippen LogP contribution < -0.4 is 15.5 Å². The molecule has 3 N–H and O–H groups in total. The fourth-order valence-corrected chi connectivity index (χ4v) is 2.57. The molecule has 1 heterocycles. The lowest BCUT2D eigenvalue weighted by atomic mass is 10.3. The maximum absolute atomic E-state index is 6.07. The lowest BCUT2D eigenvalue weighted by molar-refractivity contribution is -0.908. The van der Waals surface area contributed by atoms with Gasteiger partial charge < -0.3 is 20.3 Å². The minimum absolute atomic E-state index is 0.620. The molecule has 0 bridgehead atoms. The van der Waals surface area contributed by atoms with Crippen LogP contribution >= 0.6 is 23.8 Å². The van der Waals surface area contributed by atoms with Gasteiger partial charge in [0, 0.05) is 13.0 Å². The molecule has 0 radical (unpaired) electrons. The number of benzene rings is 1. The summed E-state index contributed by atoms with van der Waals surface area (Å²) in [6, 6.07) is 7.58. The lowest BCUT2D eigenvalue weighted by Crippen LogP contribution is -3.14. The third-order valence-electron chi connectivity index (χ3n) is 3.31. The van der Waals surface area contributed by atoms with Gasteiger partial charge in [0.25, 0.3) is 0 Å². The minimum atomic E-state index is 0.620. The van der Waals surface area contributed by atoms with E-state index in [-0.39, 0.29) is 0 Å². The van der Waals surface area contributed by atoms with E-state index < -0.39 is 0 Å². The number of ether oxygens (including phenoxy) is 1. The summed E-state index contributed by atoms with van der Waals surface area (Å²) in [5.74, 6) is 0. The predicted octanol–water partition coefficient (Wildman–Crippen LogP) is 0.932. The molecule has 0 atom stereocenters. The van der Waals surface area contributed by atoms with Crippen LogP contribution in [0.1, 0.15) is 6.42 Å². The monoisotopic (exact) mass is 314 g/mol. The van der Waals surface area contributed by atoms with Gasteiger partial charge in [0.15, 0.2) is 5.11 Å². The van der Waals surface area contributed by atoms with Gasteiger partial charge in [0.05, 0.1) is 30.5 Å². The molecule has 0 saturated carbocycles. The van der Waals surface area contributed by atoms with Crippen molar-refractivity contribution in [3.63, 3.8) is 0 Å². The first kappa shape index (κ1) is 15.5. The number of nitrogens with one attached hydrogen (secondary N) is 3. The first-order valence-electron chi connectivity index (χ1n) is 6.96. The molecule has 0 amide bonds. The zero-order valence-electron chi connectivity index (χ0n) is 11.5. The van der Waals surface area contributed by atoms with Gasteiger partial charge in [0.1, 0.15) is 13.1 Å². The number of thiocarbonyl (C=S) groups is 1. The molecule has 1 aliphatic heterocycles. The second-order valence-electron chi connectivity index (χ2n) is 4.83. The summed E-state index contributed by atoms with van der Waals surface area (Å²) >= 11 is 11.3. The number of halogens is 1. The van der Waals surface area contributed by atoms with Gasteiger partial charge in [-0.2, -0.15) is 0 Å². The van der Waals surface area contributed by atoms with Crippen molar-refractivity contribution in [1.29, 1.82) is 0 Å². The van der Waals surface area contributed by atoms with Crippen LogP contribution in [0, 0.1) is 0 Å². The van der Waals surface area contributed by atoms with E-state index in [9.17, 15) is 0 Å². The summed E-state index contributed by atoms with van der Waals surface area (Å²) < 4.78 is 5.34. The van der Waals surface area contributed by atoms with Crippen molar-refractivity contribution >= 4 is 34.6 Å². The van der Waals surface area contributed by atoms with Gasteiger partial charge in [-0.15, -0.1) is 0 Å². The smallest absolute Gasteiger partial charge is 0.170 e. The van der Waals surface area contributed by atoms with E-state index in [1.807, 2.05) is 24.3 Å². The second-order valence-corrected chi connectivity index (χ2v) is 5.64. The first-order valence-corrected chi connectivity index (χ1v) is 7.75. The fraction of sp³-hybridized carbons (Fsp3) is 0.500. The number of quaternary nitrogens is 1. The summed E-state index contributed by atoms with van der Waals surface area (Å²) in [5, 5.41) is 7.62. The quantitative estimate of drug-likeness (QED) is 0.558. The van der Waals surface area contributed by atoms with Crippen LogP contribution in [0.2, 0.25) is 5.02 Å². The van der Waals surface area contributed by atoms with Crippen molar-refractivity contribution in [3.8, 4) is 0 Å². The highest BCUT2D eigenvalue weighted by atomic mass is 35.5. The average Bonchev–Trinajstić information content (AvgIpc) is 2.47. The maximum Gasteiger partial charge on any atom is 0.170 e. The van der Waals surface area contributed by atoms with Gasteiger partial charge in [-0.1, -0.05) is 23.7 Å². The number of rotatable bonds is 5. The summed E-state index contributed by atoms with van der Waals surface area (Å²) in [6.45, 7) is 6.03. The van der Waals surface area contributed by atoms with E-state index in [0.29, 0.717) is 10.1 Å². The topological polar surface area (TPSA) is 37.7 Å². The Kier molecular flexibility index (Phi) is 6.53. The zero-order valence-corrected chi connectivity index (χ0v) is 13.0. The molecule has 0 aromatic heterocycles. The zero-order chi connectivity index (χ0) is 14.2. The first-order chi connectivity index (χ1) is 9.75. The average molecular weight is 315 g/mol. The van der Waals surface area contributed by atoms with Crippen molar-refractivity contribution in [2.75, 3.05) is 44.7 Å². The number of anilines is 1. The molecule has 2 rings (SSSR count). The fourth-order valence-electron chi connectivity index (χ4n) is 2.18. The minimum Gasteiger partial charge on any atom is -0.370 e. The normalized spacial score (nSPS) is 15.8. The van der Waals surface area contributed by atoms with Crippen LogP contribution in [-0.4, -0.2) is 44.5 Å². The predicted molar refractivity (Wildman–Crippen MR) is 86.7 cm³/mol. The lowest BCUT2D eigenvalue weighted by Gasteiger charge is -2.23. The third kappa shape index (κ3) is 5.25. The molecule has 0 spiro atoms. The number of para-hydroxylation sites is 1. The molecule has 20 heavy (non-hydrogen) atoms. The molecule has 6 heteroatoms. The Bertz CT molecular complexity index is 438. The largest absolute Gasteiger partial charge is 0.370 e. The number of morpholine rings is 1. The molecule has 0 aliphatic carbocycles. The van der Waals surface area contributed by atoms with Crippen molar-refractivity contribution < 1.29 is 9.64 Å². The van der Waals surface area contributed by atoms with Gasteiger partial charge in [-0.3, -0.25) is 0 Å². The molecule has 1 saturated heterocycles. The van der Waals surface area contributed by atoms with Gasteiger partial charge in [0.2, 0.25) is 0 Å². The highest BCUT2D eigenvalue weighted by Gasteiger charge is 2.12. The molecule has 1 aliphatic rings. The number of hydrogen-bond acceptors (Lipinski definition) is 2. The van der Waals surface area contributed by atoms with Gasteiger partial charge in [-0.05, 0) is 24.4 Å². The van der Waals surface area contributed by atoms with Crippen molar-refractivity contribution in [2.24, 2.45) is 0 Å². The van der Waals surface area contributed by atoms with E-state index in [4.69, 9.17) is 28.6 Å². The molecular weight excluding hydrogens is 294 g/mol.